The predicted octanol–water partition coefficient (Wildman–Crippen LogP) is 2.36. The second kappa shape index (κ2) is 8.07. The zero-order valence-electron chi connectivity index (χ0n) is 14.8. The van der Waals surface area contributed by atoms with Crippen molar-refractivity contribution in [1.29, 1.82) is 0 Å². The molecule has 25 heavy (non-hydrogen) atoms. The van der Waals surface area contributed by atoms with Crippen LogP contribution in [0.1, 0.15) is 29.4 Å². The molecule has 0 bridgehead atoms. The summed E-state index contributed by atoms with van der Waals surface area (Å²) in [4.78, 5) is 16.2. The van der Waals surface area contributed by atoms with Crippen LogP contribution in [0.2, 0.25) is 0 Å². The minimum absolute atomic E-state index is 0.236. The van der Waals surface area contributed by atoms with Crippen LogP contribution in [-0.2, 0) is 11.3 Å². The topological polar surface area (TPSA) is 58.6 Å². The molecule has 0 amide bonds. The first-order valence-electron chi connectivity index (χ1n) is 8.62. The Labute approximate surface area is 148 Å². The number of aromatic nitrogens is 2. The Kier molecular flexibility index (Phi) is 5.60. The number of hydrogen-bond acceptors (Lipinski definition) is 6. The zero-order valence-corrected chi connectivity index (χ0v) is 14.8. The summed E-state index contributed by atoms with van der Waals surface area (Å²) in [7, 11) is 1.34. The Balaban J connectivity index is 1.65. The van der Waals surface area contributed by atoms with Gasteiger partial charge in [0.05, 0.1) is 7.11 Å². The molecule has 0 aliphatic carbocycles. The van der Waals surface area contributed by atoms with Crippen LogP contribution in [-0.4, -0.2) is 53.9 Å². The second-order valence-electron chi connectivity index (χ2n) is 6.35. The molecule has 6 nitrogen and oxygen atoms in total. The summed E-state index contributed by atoms with van der Waals surface area (Å²) in [5, 5.41) is 8.18. The third-order valence-electron chi connectivity index (χ3n) is 4.69. The molecule has 1 aromatic heterocycles. The largest absolute Gasteiger partial charge is 0.464 e. The van der Waals surface area contributed by atoms with Crippen molar-refractivity contribution < 1.29 is 9.53 Å². The maximum Gasteiger partial charge on any atom is 0.358 e. The van der Waals surface area contributed by atoms with Gasteiger partial charge in [0.15, 0.2) is 11.5 Å². The Morgan fingerprint density at radius 3 is 2.60 bits per heavy atom. The summed E-state index contributed by atoms with van der Waals surface area (Å²) in [6, 6.07) is 14.6. The highest BCUT2D eigenvalue weighted by molar-refractivity contribution is 5.86. The maximum atomic E-state index is 11.5. The van der Waals surface area contributed by atoms with Gasteiger partial charge in [-0.1, -0.05) is 30.3 Å². The first-order valence-corrected chi connectivity index (χ1v) is 8.62. The number of rotatable bonds is 4. The molecule has 1 aromatic carbocycles. The molecule has 1 aliphatic heterocycles. The highest BCUT2D eigenvalue weighted by atomic mass is 16.5. The second-order valence-corrected chi connectivity index (χ2v) is 6.35. The molecule has 0 radical (unpaired) electrons. The highest BCUT2D eigenvalue weighted by Crippen LogP contribution is 2.18. The van der Waals surface area contributed by atoms with E-state index in [1.165, 1.54) is 12.7 Å². The Hall–Kier alpha value is -2.47. The summed E-state index contributed by atoms with van der Waals surface area (Å²) in [5.41, 5.74) is 1.57. The van der Waals surface area contributed by atoms with Crippen LogP contribution in [0.3, 0.4) is 0 Å². The highest BCUT2D eigenvalue weighted by Gasteiger charge is 2.22. The zero-order chi connectivity index (χ0) is 17.6. The van der Waals surface area contributed by atoms with Gasteiger partial charge in [-0.3, -0.25) is 4.90 Å². The first-order chi connectivity index (χ1) is 12.2. The van der Waals surface area contributed by atoms with E-state index in [4.69, 9.17) is 0 Å². The van der Waals surface area contributed by atoms with Crippen molar-refractivity contribution in [2.24, 2.45) is 0 Å². The fourth-order valence-corrected chi connectivity index (χ4v) is 3.10. The van der Waals surface area contributed by atoms with Crippen molar-refractivity contribution in [3.05, 3.63) is 53.7 Å². The lowest BCUT2D eigenvalue weighted by molar-refractivity contribution is 0.0592. The van der Waals surface area contributed by atoms with E-state index in [-0.39, 0.29) is 5.69 Å². The summed E-state index contributed by atoms with van der Waals surface area (Å²) in [6.45, 7) is 6.03. The van der Waals surface area contributed by atoms with E-state index in [0.29, 0.717) is 6.04 Å². The SMILES string of the molecule is COC(=O)c1ccc(N2CCC(C)N(Cc3ccccc3)CC2)nn1. The van der Waals surface area contributed by atoms with E-state index in [1.807, 2.05) is 12.1 Å². The fourth-order valence-electron chi connectivity index (χ4n) is 3.10. The number of methoxy groups -OCH3 is 1. The van der Waals surface area contributed by atoms with Crippen molar-refractivity contribution in [3.8, 4) is 0 Å². The van der Waals surface area contributed by atoms with Gasteiger partial charge in [-0.25, -0.2) is 4.79 Å². The number of nitrogens with zero attached hydrogens (tertiary/aromatic N) is 4. The molecular formula is C19H24N4O2. The number of anilines is 1. The molecule has 1 fully saturated rings. The van der Waals surface area contributed by atoms with Gasteiger partial charge in [-0.15, -0.1) is 10.2 Å². The van der Waals surface area contributed by atoms with E-state index in [9.17, 15) is 4.79 Å². The van der Waals surface area contributed by atoms with E-state index in [1.54, 1.807) is 6.07 Å². The summed E-state index contributed by atoms with van der Waals surface area (Å²) < 4.78 is 4.66. The van der Waals surface area contributed by atoms with Gasteiger partial charge in [0.25, 0.3) is 0 Å². The lowest BCUT2D eigenvalue weighted by Crippen LogP contribution is -2.34. The third-order valence-corrected chi connectivity index (χ3v) is 4.69. The van der Waals surface area contributed by atoms with Crippen LogP contribution < -0.4 is 4.90 Å². The van der Waals surface area contributed by atoms with Gasteiger partial charge in [0.1, 0.15) is 0 Å². The minimum Gasteiger partial charge on any atom is -0.464 e. The smallest absolute Gasteiger partial charge is 0.358 e. The van der Waals surface area contributed by atoms with Crippen molar-refractivity contribution in [2.45, 2.75) is 25.9 Å². The molecule has 0 N–H and O–H groups in total. The monoisotopic (exact) mass is 340 g/mol. The van der Waals surface area contributed by atoms with Gasteiger partial charge < -0.3 is 9.64 Å². The van der Waals surface area contributed by atoms with Crippen LogP contribution in [0.25, 0.3) is 0 Å². The molecule has 0 saturated carbocycles. The summed E-state index contributed by atoms with van der Waals surface area (Å²) >= 11 is 0. The Bertz CT molecular complexity index is 690. The molecule has 3 rings (SSSR count). The number of esters is 1. The lowest BCUT2D eigenvalue weighted by Gasteiger charge is -2.26. The average molecular weight is 340 g/mol. The maximum absolute atomic E-state index is 11.5. The molecule has 1 unspecified atom stereocenters. The number of ether oxygens (including phenoxy) is 1. The van der Waals surface area contributed by atoms with Crippen molar-refractivity contribution in [1.82, 2.24) is 15.1 Å². The molecule has 132 valence electrons. The van der Waals surface area contributed by atoms with E-state index in [2.05, 4.69) is 55.9 Å². The van der Waals surface area contributed by atoms with Crippen molar-refractivity contribution in [2.75, 3.05) is 31.6 Å². The van der Waals surface area contributed by atoms with Crippen molar-refractivity contribution in [3.63, 3.8) is 0 Å². The average Bonchev–Trinajstić information content (AvgIpc) is 2.84. The molecule has 1 aliphatic rings. The molecule has 1 atom stereocenters. The van der Waals surface area contributed by atoms with E-state index < -0.39 is 5.97 Å². The van der Waals surface area contributed by atoms with Crippen LogP contribution in [0, 0.1) is 0 Å². The van der Waals surface area contributed by atoms with E-state index >= 15 is 0 Å². The number of hydrogen-bond donors (Lipinski definition) is 0. The third kappa shape index (κ3) is 4.33. The van der Waals surface area contributed by atoms with E-state index in [0.717, 1.165) is 38.4 Å². The van der Waals surface area contributed by atoms with Crippen LogP contribution in [0.5, 0.6) is 0 Å². The van der Waals surface area contributed by atoms with Crippen LogP contribution in [0.15, 0.2) is 42.5 Å². The van der Waals surface area contributed by atoms with Crippen molar-refractivity contribution >= 4 is 11.8 Å². The predicted molar refractivity (Wildman–Crippen MR) is 96.5 cm³/mol. The first kappa shape index (κ1) is 17.4. The molecular weight excluding hydrogens is 316 g/mol. The molecule has 2 aromatic rings. The number of carbonyl (C=O) groups excluding carboxylic acids is 1. The van der Waals surface area contributed by atoms with Crippen LogP contribution >= 0.6 is 0 Å². The Morgan fingerprint density at radius 1 is 1.12 bits per heavy atom. The molecule has 0 spiro atoms. The Morgan fingerprint density at radius 2 is 1.92 bits per heavy atom. The van der Waals surface area contributed by atoms with Crippen LogP contribution in [0.4, 0.5) is 5.82 Å². The van der Waals surface area contributed by atoms with Gasteiger partial charge in [0, 0.05) is 32.2 Å². The molecule has 6 heteroatoms. The normalized spacial score (nSPS) is 18.6. The minimum atomic E-state index is -0.461. The summed E-state index contributed by atoms with van der Waals surface area (Å²) in [5.74, 6) is 0.346. The standard InChI is InChI=1S/C19H24N4O2/c1-15-10-11-22(18-9-8-17(20-21-18)19(24)25-2)12-13-23(15)14-16-6-4-3-5-7-16/h3-9,15H,10-14H2,1-2H3. The summed E-state index contributed by atoms with van der Waals surface area (Å²) in [6.07, 6.45) is 1.06. The lowest BCUT2D eigenvalue weighted by atomic mass is 10.1. The van der Waals surface area contributed by atoms with Gasteiger partial charge in [0.2, 0.25) is 0 Å². The number of carbonyl (C=O) groups is 1. The molecule has 2 heterocycles. The quantitative estimate of drug-likeness (QED) is 0.797. The fraction of sp³-hybridized carbons (Fsp3) is 0.421. The van der Waals surface area contributed by atoms with Gasteiger partial charge in [-0.05, 0) is 31.0 Å². The van der Waals surface area contributed by atoms with Gasteiger partial charge in [-0.2, -0.15) is 0 Å². The number of benzene rings is 1. The van der Waals surface area contributed by atoms with Gasteiger partial charge >= 0.3 is 5.97 Å². The molecule has 1 saturated heterocycles.